The van der Waals surface area contributed by atoms with Gasteiger partial charge in [-0.3, -0.25) is 4.79 Å². The number of hydrogen-bond donors (Lipinski definition) is 2. The maximum absolute atomic E-state index is 11.8. The van der Waals surface area contributed by atoms with Gasteiger partial charge in [0.05, 0.1) is 9.21 Å². The van der Waals surface area contributed by atoms with Crippen LogP contribution in [-0.4, -0.2) is 5.91 Å². The van der Waals surface area contributed by atoms with Crippen molar-refractivity contribution in [1.82, 2.24) is 5.32 Å². The van der Waals surface area contributed by atoms with Gasteiger partial charge in [-0.05, 0) is 23.3 Å². The maximum Gasteiger partial charge on any atom is 0.261 e. The van der Waals surface area contributed by atoms with E-state index in [1.54, 1.807) is 12.1 Å². The Labute approximate surface area is 115 Å². The Hall–Kier alpha value is -1.36. The molecule has 1 aromatic heterocycles. The fraction of sp³-hybridized carbons (Fsp3) is 0.154. The van der Waals surface area contributed by atoms with Crippen LogP contribution in [0.25, 0.3) is 0 Å². The number of nitrogens with one attached hydrogen (secondary N) is 1. The molecule has 3 N–H and O–H groups in total. The highest BCUT2D eigenvalue weighted by Crippen LogP contribution is 2.21. The fourth-order valence-corrected chi connectivity index (χ4v) is 2.59. The molecule has 3 nitrogen and oxygen atoms in total. The number of thiophene rings is 1. The zero-order chi connectivity index (χ0) is 13.0. The SMILES string of the molecule is NCc1ccccc1CNC(=O)c1ccc(Cl)s1. The van der Waals surface area contributed by atoms with E-state index in [0.29, 0.717) is 22.3 Å². The highest BCUT2D eigenvalue weighted by atomic mass is 35.5. The molecule has 0 aliphatic carbocycles. The molecule has 5 heteroatoms. The average Bonchev–Trinajstić information content (AvgIpc) is 2.83. The molecule has 0 saturated heterocycles. The van der Waals surface area contributed by atoms with Crippen LogP contribution in [0.15, 0.2) is 36.4 Å². The van der Waals surface area contributed by atoms with Crippen molar-refractivity contribution in [3.8, 4) is 0 Å². The van der Waals surface area contributed by atoms with Gasteiger partial charge in [0.15, 0.2) is 0 Å². The van der Waals surface area contributed by atoms with Crippen molar-refractivity contribution in [3.05, 3.63) is 56.7 Å². The molecule has 2 rings (SSSR count). The Kier molecular flexibility index (Phi) is 4.36. The van der Waals surface area contributed by atoms with E-state index in [9.17, 15) is 4.79 Å². The normalized spacial score (nSPS) is 10.3. The number of benzene rings is 1. The van der Waals surface area contributed by atoms with Crippen LogP contribution in [0.1, 0.15) is 20.8 Å². The molecule has 94 valence electrons. The van der Waals surface area contributed by atoms with Gasteiger partial charge < -0.3 is 11.1 Å². The van der Waals surface area contributed by atoms with E-state index < -0.39 is 0 Å². The van der Waals surface area contributed by atoms with Gasteiger partial charge in [0.1, 0.15) is 0 Å². The molecule has 0 spiro atoms. The van der Waals surface area contributed by atoms with E-state index >= 15 is 0 Å². The minimum Gasteiger partial charge on any atom is -0.347 e. The summed E-state index contributed by atoms with van der Waals surface area (Å²) in [7, 11) is 0. The number of rotatable bonds is 4. The van der Waals surface area contributed by atoms with Crippen molar-refractivity contribution in [2.24, 2.45) is 5.73 Å². The molecule has 18 heavy (non-hydrogen) atoms. The monoisotopic (exact) mass is 280 g/mol. The van der Waals surface area contributed by atoms with Crippen molar-refractivity contribution in [2.45, 2.75) is 13.1 Å². The van der Waals surface area contributed by atoms with Gasteiger partial charge in [-0.2, -0.15) is 0 Å². The molecule has 1 heterocycles. The van der Waals surface area contributed by atoms with Gasteiger partial charge in [-0.15, -0.1) is 11.3 Å². The Bertz CT molecular complexity index is 553. The zero-order valence-corrected chi connectivity index (χ0v) is 11.2. The molecule has 0 unspecified atom stereocenters. The first-order valence-corrected chi connectivity index (χ1v) is 6.70. The van der Waals surface area contributed by atoms with Crippen LogP contribution in [0.5, 0.6) is 0 Å². The first kappa shape index (κ1) is 13.1. The minimum absolute atomic E-state index is 0.112. The van der Waals surface area contributed by atoms with Crippen LogP contribution in [0.2, 0.25) is 4.34 Å². The fourth-order valence-electron chi connectivity index (χ4n) is 1.63. The molecule has 0 bridgehead atoms. The van der Waals surface area contributed by atoms with Gasteiger partial charge >= 0.3 is 0 Å². The largest absolute Gasteiger partial charge is 0.347 e. The summed E-state index contributed by atoms with van der Waals surface area (Å²) < 4.78 is 0.613. The highest BCUT2D eigenvalue weighted by Gasteiger charge is 2.08. The maximum atomic E-state index is 11.8. The number of carbonyl (C=O) groups is 1. The molecule has 2 aromatic rings. The van der Waals surface area contributed by atoms with Crippen LogP contribution in [-0.2, 0) is 13.1 Å². The molecule has 0 atom stereocenters. The van der Waals surface area contributed by atoms with Crippen LogP contribution in [0.3, 0.4) is 0 Å². The second-order valence-corrected chi connectivity index (χ2v) is 5.47. The molecule has 0 saturated carbocycles. The lowest BCUT2D eigenvalue weighted by Gasteiger charge is -2.08. The zero-order valence-electron chi connectivity index (χ0n) is 9.65. The molecule has 0 aliphatic heterocycles. The average molecular weight is 281 g/mol. The van der Waals surface area contributed by atoms with Crippen molar-refractivity contribution < 1.29 is 4.79 Å². The Morgan fingerprint density at radius 3 is 2.56 bits per heavy atom. The number of amides is 1. The highest BCUT2D eigenvalue weighted by molar-refractivity contribution is 7.17. The molecule has 0 aliphatic rings. The van der Waals surface area contributed by atoms with Crippen LogP contribution in [0, 0.1) is 0 Å². The summed E-state index contributed by atoms with van der Waals surface area (Å²) in [4.78, 5) is 12.5. The van der Waals surface area contributed by atoms with Gasteiger partial charge in [0.25, 0.3) is 5.91 Å². The Morgan fingerprint density at radius 1 is 1.22 bits per heavy atom. The quantitative estimate of drug-likeness (QED) is 0.905. The first-order valence-electron chi connectivity index (χ1n) is 5.51. The smallest absolute Gasteiger partial charge is 0.261 e. The van der Waals surface area contributed by atoms with Gasteiger partial charge in [-0.25, -0.2) is 0 Å². The predicted octanol–water partition coefficient (Wildman–Crippen LogP) is 2.79. The summed E-state index contributed by atoms with van der Waals surface area (Å²) in [5.74, 6) is -0.112. The second kappa shape index (κ2) is 6.00. The van der Waals surface area contributed by atoms with E-state index in [0.717, 1.165) is 11.1 Å². The lowest BCUT2D eigenvalue weighted by molar-refractivity contribution is 0.0955. The number of halogens is 1. The summed E-state index contributed by atoms with van der Waals surface area (Å²) in [6, 6.07) is 11.2. The summed E-state index contributed by atoms with van der Waals surface area (Å²) >= 11 is 7.06. The number of hydrogen-bond acceptors (Lipinski definition) is 3. The summed E-state index contributed by atoms with van der Waals surface area (Å²) in [5.41, 5.74) is 7.72. The molecular formula is C13H13ClN2OS. The van der Waals surface area contributed by atoms with Crippen molar-refractivity contribution in [2.75, 3.05) is 0 Å². The standard InChI is InChI=1S/C13H13ClN2OS/c14-12-6-5-11(18-12)13(17)16-8-10-4-2-1-3-9(10)7-15/h1-6H,7-8,15H2,(H,16,17). The molecule has 1 aromatic carbocycles. The summed E-state index contributed by atoms with van der Waals surface area (Å²) in [5, 5.41) is 2.86. The molecule has 0 radical (unpaired) electrons. The van der Waals surface area contributed by atoms with E-state index in [2.05, 4.69) is 5.32 Å². The molecular weight excluding hydrogens is 268 g/mol. The van der Waals surface area contributed by atoms with Gasteiger partial charge in [0.2, 0.25) is 0 Å². The van der Waals surface area contributed by atoms with E-state index in [1.165, 1.54) is 11.3 Å². The third kappa shape index (κ3) is 3.10. The van der Waals surface area contributed by atoms with Crippen LogP contribution >= 0.6 is 22.9 Å². The van der Waals surface area contributed by atoms with Crippen LogP contribution < -0.4 is 11.1 Å². The third-order valence-electron chi connectivity index (χ3n) is 2.57. The first-order chi connectivity index (χ1) is 8.70. The van der Waals surface area contributed by atoms with Gasteiger partial charge in [0, 0.05) is 13.1 Å². The summed E-state index contributed by atoms with van der Waals surface area (Å²) in [6.07, 6.45) is 0. The molecule has 1 amide bonds. The van der Waals surface area contributed by atoms with Gasteiger partial charge in [-0.1, -0.05) is 35.9 Å². The number of carbonyl (C=O) groups excluding carboxylic acids is 1. The van der Waals surface area contributed by atoms with E-state index in [-0.39, 0.29) is 5.91 Å². The van der Waals surface area contributed by atoms with Crippen molar-refractivity contribution in [3.63, 3.8) is 0 Å². The summed E-state index contributed by atoms with van der Waals surface area (Å²) in [6.45, 7) is 0.943. The van der Waals surface area contributed by atoms with Crippen molar-refractivity contribution in [1.29, 1.82) is 0 Å². The lowest BCUT2D eigenvalue weighted by atomic mass is 10.1. The van der Waals surface area contributed by atoms with Crippen LogP contribution in [0.4, 0.5) is 0 Å². The van der Waals surface area contributed by atoms with Crippen molar-refractivity contribution >= 4 is 28.8 Å². The topological polar surface area (TPSA) is 55.1 Å². The Morgan fingerprint density at radius 2 is 1.94 bits per heavy atom. The minimum atomic E-state index is -0.112. The predicted molar refractivity (Wildman–Crippen MR) is 74.8 cm³/mol. The second-order valence-electron chi connectivity index (χ2n) is 3.76. The Balaban J connectivity index is 2.01. The number of nitrogens with two attached hydrogens (primary N) is 1. The third-order valence-corrected chi connectivity index (χ3v) is 3.80. The van der Waals surface area contributed by atoms with E-state index in [4.69, 9.17) is 17.3 Å². The molecule has 0 fully saturated rings. The lowest BCUT2D eigenvalue weighted by Crippen LogP contribution is -2.22. The van der Waals surface area contributed by atoms with E-state index in [1.807, 2.05) is 24.3 Å².